The number of phenols is 1. The van der Waals surface area contributed by atoms with Crippen molar-refractivity contribution in [3.63, 3.8) is 0 Å². The molecule has 3 rings (SSSR count). The zero-order chi connectivity index (χ0) is 27.7. The van der Waals surface area contributed by atoms with Crippen LogP contribution in [0.25, 0.3) is 6.08 Å². The van der Waals surface area contributed by atoms with Crippen molar-refractivity contribution >= 4 is 23.7 Å². The van der Waals surface area contributed by atoms with Gasteiger partial charge in [0.25, 0.3) is 0 Å². The minimum atomic E-state index is -0.972. The van der Waals surface area contributed by atoms with Crippen molar-refractivity contribution < 1.29 is 19.8 Å². The molecule has 1 atom stereocenters. The van der Waals surface area contributed by atoms with Crippen LogP contribution in [0.4, 0.5) is 0 Å². The third-order valence-corrected chi connectivity index (χ3v) is 6.97. The maximum atomic E-state index is 13.6. The van der Waals surface area contributed by atoms with E-state index < -0.39 is 5.97 Å². The summed E-state index contributed by atoms with van der Waals surface area (Å²) in [5, 5.41) is 29.1. The molecule has 0 aliphatic carbocycles. The quantitative estimate of drug-likeness (QED) is 0.366. The van der Waals surface area contributed by atoms with E-state index >= 15 is 0 Å². The van der Waals surface area contributed by atoms with Crippen molar-refractivity contribution in [3.05, 3.63) is 69.8 Å². The zero-order valence-electron chi connectivity index (χ0n) is 23.1. The molecule has 37 heavy (non-hydrogen) atoms. The van der Waals surface area contributed by atoms with E-state index in [1.807, 2.05) is 52.5 Å². The number of hydrogen-bond acceptors (Lipinski definition) is 4. The van der Waals surface area contributed by atoms with Gasteiger partial charge in [-0.05, 0) is 58.7 Å². The lowest BCUT2D eigenvalue weighted by atomic mass is 9.78. The van der Waals surface area contributed by atoms with Gasteiger partial charge in [-0.3, -0.25) is 10.2 Å². The van der Waals surface area contributed by atoms with E-state index in [0.717, 1.165) is 35.1 Å². The molecular formula is C31H40N2O4. The van der Waals surface area contributed by atoms with Crippen LogP contribution in [0, 0.1) is 11.3 Å². The zero-order valence-corrected chi connectivity index (χ0v) is 23.1. The Hall–Kier alpha value is -3.41. The first-order valence-electron chi connectivity index (χ1n) is 12.9. The summed E-state index contributed by atoms with van der Waals surface area (Å²) in [6.45, 7) is 14.9. The van der Waals surface area contributed by atoms with Crippen molar-refractivity contribution in [1.82, 2.24) is 4.90 Å². The topological polar surface area (TPSA) is 102 Å². The molecule has 1 fully saturated rings. The number of nitrogens with zero attached hydrogens (tertiary/aromatic N) is 1. The second kappa shape index (κ2) is 10.5. The summed E-state index contributed by atoms with van der Waals surface area (Å²) in [4.78, 5) is 26.6. The number of carboxylic acid groups (broad SMARTS) is 1. The fourth-order valence-corrected chi connectivity index (χ4v) is 4.86. The van der Waals surface area contributed by atoms with Crippen LogP contribution < -0.4 is 0 Å². The lowest BCUT2D eigenvalue weighted by Gasteiger charge is -2.28. The van der Waals surface area contributed by atoms with Gasteiger partial charge in [-0.1, -0.05) is 67.0 Å². The standard InChI is InChI=1S/C31H40N2O4/c1-8-9-21-17-33(28(32)23(21)14-19-10-12-20(13-11-19)29(36)37)18-26(34)22-15-24(30(2,3)4)27(35)25(16-22)31(5,6)7/h10-16,21,32,35H,8-9,17-18H2,1-7H3,(H,36,37). The molecule has 2 aromatic carbocycles. The van der Waals surface area contributed by atoms with Crippen LogP contribution in [0.1, 0.15) is 98.7 Å². The van der Waals surface area contributed by atoms with Crippen LogP contribution in [0.15, 0.2) is 42.0 Å². The molecule has 0 radical (unpaired) electrons. The number of carboxylic acids is 1. The number of carbonyl (C=O) groups is 2. The molecule has 6 nitrogen and oxygen atoms in total. The number of nitrogens with one attached hydrogen (secondary N) is 1. The second-order valence-corrected chi connectivity index (χ2v) is 12.1. The van der Waals surface area contributed by atoms with Crippen molar-refractivity contribution in [2.24, 2.45) is 5.92 Å². The number of likely N-dealkylation sites (tertiary alicyclic amines) is 1. The number of rotatable bonds is 7. The highest BCUT2D eigenvalue weighted by atomic mass is 16.4. The van der Waals surface area contributed by atoms with Gasteiger partial charge in [-0.15, -0.1) is 0 Å². The molecule has 0 spiro atoms. The number of benzene rings is 2. The Balaban J connectivity index is 1.92. The average Bonchev–Trinajstić information content (AvgIpc) is 3.07. The highest BCUT2D eigenvalue weighted by molar-refractivity contribution is 6.06. The predicted molar refractivity (Wildman–Crippen MR) is 149 cm³/mol. The molecule has 0 amide bonds. The summed E-state index contributed by atoms with van der Waals surface area (Å²) in [6, 6.07) is 10.2. The van der Waals surface area contributed by atoms with Crippen LogP contribution in [0.2, 0.25) is 0 Å². The molecule has 1 saturated heterocycles. The van der Waals surface area contributed by atoms with Crippen LogP contribution in [0.5, 0.6) is 5.75 Å². The fourth-order valence-electron chi connectivity index (χ4n) is 4.86. The third-order valence-electron chi connectivity index (χ3n) is 6.97. The first kappa shape index (κ1) is 28.2. The Labute approximate surface area is 220 Å². The maximum absolute atomic E-state index is 13.6. The molecule has 1 aliphatic rings. The van der Waals surface area contributed by atoms with E-state index in [1.165, 1.54) is 0 Å². The number of phenolic OH excluding ortho intramolecular Hbond substituents is 1. The first-order valence-corrected chi connectivity index (χ1v) is 12.9. The maximum Gasteiger partial charge on any atom is 0.335 e. The minimum Gasteiger partial charge on any atom is -0.507 e. The Morgan fingerprint density at radius 1 is 1.00 bits per heavy atom. The summed E-state index contributed by atoms with van der Waals surface area (Å²) in [5.74, 6) is -0.352. The minimum absolute atomic E-state index is 0.0805. The van der Waals surface area contributed by atoms with Gasteiger partial charge in [0.15, 0.2) is 5.78 Å². The van der Waals surface area contributed by atoms with Gasteiger partial charge in [0.2, 0.25) is 0 Å². The van der Waals surface area contributed by atoms with Crippen LogP contribution in [-0.2, 0) is 10.8 Å². The molecule has 198 valence electrons. The SMILES string of the molecule is CCCC1CN(CC(=O)c2cc(C(C)(C)C)c(O)c(C(C)(C)C)c2)C(=N)C1=Cc1ccc(C(=O)O)cc1. The first-order chi connectivity index (χ1) is 17.1. The normalized spacial score (nSPS) is 17.5. The van der Waals surface area contributed by atoms with Crippen molar-refractivity contribution in [1.29, 1.82) is 5.41 Å². The van der Waals surface area contributed by atoms with Crippen molar-refractivity contribution in [3.8, 4) is 5.75 Å². The number of Topliss-reactive ketones (excluding diaryl/α,β-unsaturated/α-hetero) is 1. The fraction of sp³-hybridized carbons (Fsp3) is 0.452. The van der Waals surface area contributed by atoms with Gasteiger partial charge < -0.3 is 15.1 Å². The number of aromatic carboxylic acids is 1. The van der Waals surface area contributed by atoms with Gasteiger partial charge in [0.05, 0.1) is 12.1 Å². The molecule has 1 heterocycles. The molecule has 2 aromatic rings. The van der Waals surface area contributed by atoms with Crippen LogP contribution in [0.3, 0.4) is 0 Å². The number of hydrogen-bond donors (Lipinski definition) is 3. The molecule has 0 saturated carbocycles. The van der Waals surface area contributed by atoms with Crippen LogP contribution >= 0.6 is 0 Å². The summed E-state index contributed by atoms with van der Waals surface area (Å²) < 4.78 is 0. The van der Waals surface area contributed by atoms with Crippen molar-refractivity contribution in [2.45, 2.75) is 72.1 Å². The lowest BCUT2D eigenvalue weighted by molar-refractivity contribution is 0.0696. The summed E-state index contributed by atoms with van der Waals surface area (Å²) in [7, 11) is 0. The van der Waals surface area contributed by atoms with E-state index in [-0.39, 0.29) is 40.4 Å². The highest BCUT2D eigenvalue weighted by Gasteiger charge is 2.34. The summed E-state index contributed by atoms with van der Waals surface area (Å²) in [5.41, 5.74) is 3.30. The number of aromatic hydroxyl groups is 1. The third kappa shape index (κ3) is 6.30. The molecule has 0 bridgehead atoms. The largest absolute Gasteiger partial charge is 0.507 e. The van der Waals surface area contributed by atoms with Crippen LogP contribution in [-0.4, -0.2) is 45.8 Å². The molecule has 3 N–H and O–H groups in total. The van der Waals surface area contributed by atoms with E-state index in [2.05, 4.69) is 6.92 Å². The number of ketones is 1. The lowest BCUT2D eigenvalue weighted by Crippen LogP contribution is -2.31. The van der Waals surface area contributed by atoms with E-state index in [1.54, 1.807) is 36.4 Å². The van der Waals surface area contributed by atoms with Gasteiger partial charge in [0.1, 0.15) is 11.6 Å². The molecular weight excluding hydrogens is 464 g/mol. The Morgan fingerprint density at radius 3 is 2.00 bits per heavy atom. The highest BCUT2D eigenvalue weighted by Crippen LogP contribution is 2.40. The molecule has 6 heteroatoms. The average molecular weight is 505 g/mol. The van der Waals surface area contributed by atoms with Crippen molar-refractivity contribution in [2.75, 3.05) is 13.1 Å². The smallest absolute Gasteiger partial charge is 0.335 e. The Bertz CT molecular complexity index is 1190. The van der Waals surface area contributed by atoms with Gasteiger partial charge >= 0.3 is 5.97 Å². The number of carbonyl (C=O) groups excluding carboxylic acids is 1. The predicted octanol–water partition coefficient (Wildman–Crippen LogP) is 6.66. The van der Waals surface area contributed by atoms with E-state index in [9.17, 15) is 14.7 Å². The van der Waals surface area contributed by atoms with Gasteiger partial charge in [-0.25, -0.2) is 4.79 Å². The van der Waals surface area contributed by atoms with Gasteiger partial charge in [0, 0.05) is 29.2 Å². The van der Waals surface area contributed by atoms with Gasteiger partial charge in [-0.2, -0.15) is 0 Å². The Morgan fingerprint density at radius 2 is 1.54 bits per heavy atom. The van der Waals surface area contributed by atoms with E-state index in [0.29, 0.717) is 17.9 Å². The summed E-state index contributed by atoms with van der Waals surface area (Å²) in [6.07, 6.45) is 3.79. The molecule has 1 aliphatic heterocycles. The Kier molecular flexibility index (Phi) is 8.01. The summed E-state index contributed by atoms with van der Waals surface area (Å²) >= 11 is 0. The van der Waals surface area contributed by atoms with E-state index in [4.69, 9.17) is 10.5 Å². The molecule has 0 aromatic heterocycles. The molecule has 1 unspecified atom stereocenters. The number of amidine groups is 1. The second-order valence-electron chi connectivity index (χ2n) is 12.1. The monoisotopic (exact) mass is 504 g/mol.